The first kappa shape index (κ1) is 14.6. The van der Waals surface area contributed by atoms with E-state index in [1.165, 1.54) is 18.4 Å². The molecule has 0 bridgehead atoms. The fourth-order valence-corrected chi connectivity index (χ4v) is 2.87. The van der Waals surface area contributed by atoms with Gasteiger partial charge in [0.25, 0.3) is 0 Å². The number of hydrogen-bond donors (Lipinski definition) is 1. The van der Waals surface area contributed by atoms with Gasteiger partial charge in [0.2, 0.25) is 5.95 Å². The van der Waals surface area contributed by atoms with Crippen molar-refractivity contribution in [2.75, 3.05) is 24.0 Å². The van der Waals surface area contributed by atoms with Crippen LogP contribution in [0.25, 0.3) is 0 Å². The lowest BCUT2D eigenvalue weighted by molar-refractivity contribution is 0.652. The van der Waals surface area contributed by atoms with E-state index in [-0.39, 0.29) is 0 Å². The van der Waals surface area contributed by atoms with Crippen LogP contribution in [0.1, 0.15) is 31.7 Å². The Morgan fingerprint density at radius 1 is 1.42 bits per heavy atom. The molecule has 1 aromatic rings. The quantitative estimate of drug-likeness (QED) is 0.791. The number of anilines is 1. The van der Waals surface area contributed by atoms with Crippen LogP contribution >= 0.6 is 11.8 Å². The molecule has 1 fully saturated rings. The number of rotatable bonds is 8. The van der Waals surface area contributed by atoms with Crippen LogP contribution < -0.4 is 10.2 Å². The third-order valence-electron chi connectivity index (χ3n) is 3.56. The lowest BCUT2D eigenvalue weighted by Gasteiger charge is -2.26. The Bertz CT molecular complexity index is 378. The molecular weight excluding hydrogens is 256 g/mol. The fraction of sp³-hybridized carbons (Fsp3) is 0.714. The first-order valence-corrected chi connectivity index (χ1v) is 8.40. The summed E-state index contributed by atoms with van der Waals surface area (Å²) >= 11 is 1.87. The van der Waals surface area contributed by atoms with Gasteiger partial charge in [-0.3, -0.25) is 0 Å². The molecule has 5 heteroatoms. The van der Waals surface area contributed by atoms with Crippen molar-refractivity contribution in [2.24, 2.45) is 0 Å². The van der Waals surface area contributed by atoms with Crippen LogP contribution in [0, 0.1) is 0 Å². The maximum absolute atomic E-state index is 4.49. The summed E-state index contributed by atoms with van der Waals surface area (Å²) in [6.07, 6.45) is 9.78. The van der Waals surface area contributed by atoms with Gasteiger partial charge in [0.15, 0.2) is 0 Å². The monoisotopic (exact) mass is 280 g/mol. The number of thioether (sulfide) groups is 1. The molecule has 1 unspecified atom stereocenters. The normalized spacial score (nSPS) is 16.4. The Labute approximate surface area is 120 Å². The SMILES string of the molecule is CCC(CSC)N(C)c1ncc(CNC2CC2)cn1. The number of nitrogens with one attached hydrogen (secondary N) is 1. The number of aromatic nitrogens is 2. The molecule has 2 rings (SSSR count). The molecule has 106 valence electrons. The van der Waals surface area contributed by atoms with Gasteiger partial charge in [-0.2, -0.15) is 11.8 Å². The summed E-state index contributed by atoms with van der Waals surface area (Å²) in [4.78, 5) is 11.2. The minimum absolute atomic E-state index is 0.505. The molecule has 1 saturated carbocycles. The minimum atomic E-state index is 0.505. The smallest absolute Gasteiger partial charge is 0.225 e. The maximum atomic E-state index is 4.49. The molecule has 1 aliphatic carbocycles. The molecule has 4 nitrogen and oxygen atoms in total. The molecule has 0 spiro atoms. The summed E-state index contributed by atoms with van der Waals surface area (Å²) in [5, 5.41) is 3.48. The third kappa shape index (κ3) is 4.35. The lowest BCUT2D eigenvalue weighted by Crippen LogP contribution is -2.34. The van der Waals surface area contributed by atoms with Crippen molar-refractivity contribution in [3.05, 3.63) is 18.0 Å². The molecule has 0 aliphatic heterocycles. The highest BCUT2D eigenvalue weighted by Crippen LogP contribution is 2.19. The van der Waals surface area contributed by atoms with Gasteiger partial charge in [-0.1, -0.05) is 6.92 Å². The standard InChI is InChI=1S/C14H24N4S/c1-4-13(10-19-3)18(2)14-16-8-11(9-17-14)7-15-12-5-6-12/h8-9,12-13,15H,4-7,10H2,1-3H3. The Morgan fingerprint density at radius 3 is 2.63 bits per heavy atom. The fourth-order valence-electron chi connectivity index (χ4n) is 2.03. The molecule has 1 aromatic heterocycles. The van der Waals surface area contributed by atoms with Crippen molar-refractivity contribution in [1.82, 2.24) is 15.3 Å². The Morgan fingerprint density at radius 2 is 2.11 bits per heavy atom. The number of nitrogens with zero attached hydrogens (tertiary/aromatic N) is 3. The summed E-state index contributed by atoms with van der Waals surface area (Å²) in [5.41, 5.74) is 1.17. The van der Waals surface area contributed by atoms with Gasteiger partial charge in [0.1, 0.15) is 0 Å². The van der Waals surface area contributed by atoms with E-state index in [9.17, 15) is 0 Å². The van der Waals surface area contributed by atoms with E-state index in [1.54, 1.807) is 0 Å². The highest BCUT2D eigenvalue weighted by Gasteiger charge is 2.20. The van der Waals surface area contributed by atoms with Gasteiger partial charge < -0.3 is 10.2 Å². The molecule has 1 atom stereocenters. The molecular formula is C14H24N4S. The van der Waals surface area contributed by atoms with Crippen LogP contribution in [0.3, 0.4) is 0 Å². The predicted octanol–water partition coefficient (Wildman–Crippen LogP) is 2.31. The molecule has 0 amide bonds. The van der Waals surface area contributed by atoms with E-state index >= 15 is 0 Å². The molecule has 19 heavy (non-hydrogen) atoms. The van der Waals surface area contributed by atoms with Gasteiger partial charge in [-0.25, -0.2) is 9.97 Å². The predicted molar refractivity (Wildman–Crippen MR) is 82.8 cm³/mol. The average Bonchev–Trinajstić information content (AvgIpc) is 3.26. The maximum Gasteiger partial charge on any atom is 0.225 e. The Kier molecular flexibility index (Phi) is 5.45. The van der Waals surface area contributed by atoms with Crippen molar-refractivity contribution in [2.45, 2.75) is 44.8 Å². The Hall–Kier alpha value is -0.810. The molecule has 1 aliphatic rings. The van der Waals surface area contributed by atoms with Gasteiger partial charge in [0, 0.05) is 49.4 Å². The highest BCUT2D eigenvalue weighted by atomic mass is 32.2. The third-order valence-corrected chi connectivity index (χ3v) is 4.28. The van der Waals surface area contributed by atoms with E-state index in [0.29, 0.717) is 6.04 Å². The second kappa shape index (κ2) is 7.10. The molecule has 1 N–H and O–H groups in total. The minimum Gasteiger partial charge on any atom is -0.340 e. The van der Waals surface area contributed by atoms with Crippen LogP contribution in [0.5, 0.6) is 0 Å². The van der Waals surface area contributed by atoms with E-state index in [0.717, 1.165) is 30.7 Å². The zero-order valence-corrected chi connectivity index (χ0v) is 12.9. The van der Waals surface area contributed by atoms with Crippen LogP contribution in [0.2, 0.25) is 0 Å². The van der Waals surface area contributed by atoms with Crippen molar-refractivity contribution in [3.8, 4) is 0 Å². The second-order valence-corrected chi connectivity index (χ2v) is 6.09. The van der Waals surface area contributed by atoms with Gasteiger partial charge in [-0.05, 0) is 25.5 Å². The zero-order valence-electron chi connectivity index (χ0n) is 12.1. The van der Waals surface area contributed by atoms with Crippen molar-refractivity contribution in [3.63, 3.8) is 0 Å². The summed E-state index contributed by atoms with van der Waals surface area (Å²) in [6.45, 7) is 3.10. The largest absolute Gasteiger partial charge is 0.340 e. The van der Waals surface area contributed by atoms with E-state index in [2.05, 4.69) is 40.4 Å². The summed E-state index contributed by atoms with van der Waals surface area (Å²) in [6, 6.07) is 1.24. The van der Waals surface area contributed by atoms with Crippen LogP contribution in [0.4, 0.5) is 5.95 Å². The van der Waals surface area contributed by atoms with Crippen molar-refractivity contribution < 1.29 is 0 Å². The summed E-state index contributed by atoms with van der Waals surface area (Å²) in [7, 11) is 2.09. The topological polar surface area (TPSA) is 41.1 Å². The van der Waals surface area contributed by atoms with E-state index in [1.807, 2.05) is 24.2 Å². The zero-order chi connectivity index (χ0) is 13.7. The first-order chi connectivity index (χ1) is 9.24. The van der Waals surface area contributed by atoms with E-state index in [4.69, 9.17) is 0 Å². The Balaban J connectivity index is 1.91. The summed E-state index contributed by atoms with van der Waals surface area (Å²) < 4.78 is 0. The molecule has 0 aromatic carbocycles. The van der Waals surface area contributed by atoms with Gasteiger partial charge in [-0.15, -0.1) is 0 Å². The summed E-state index contributed by atoms with van der Waals surface area (Å²) in [5.74, 6) is 1.94. The van der Waals surface area contributed by atoms with Crippen LogP contribution in [-0.4, -0.2) is 41.1 Å². The van der Waals surface area contributed by atoms with Crippen LogP contribution in [-0.2, 0) is 6.54 Å². The average molecular weight is 280 g/mol. The highest BCUT2D eigenvalue weighted by molar-refractivity contribution is 7.98. The number of hydrogen-bond acceptors (Lipinski definition) is 5. The molecule has 0 radical (unpaired) electrons. The van der Waals surface area contributed by atoms with Gasteiger partial charge in [0.05, 0.1) is 0 Å². The van der Waals surface area contributed by atoms with Crippen LogP contribution in [0.15, 0.2) is 12.4 Å². The first-order valence-electron chi connectivity index (χ1n) is 7.00. The van der Waals surface area contributed by atoms with E-state index < -0.39 is 0 Å². The second-order valence-electron chi connectivity index (χ2n) is 5.17. The van der Waals surface area contributed by atoms with Crippen molar-refractivity contribution >= 4 is 17.7 Å². The molecule has 1 heterocycles. The lowest BCUT2D eigenvalue weighted by atomic mass is 10.2. The molecule has 0 saturated heterocycles. The van der Waals surface area contributed by atoms with Crippen molar-refractivity contribution in [1.29, 1.82) is 0 Å². The van der Waals surface area contributed by atoms with Gasteiger partial charge >= 0.3 is 0 Å².